The molecule has 9 heteroatoms. The van der Waals surface area contributed by atoms with Crippen LogP contribution in [0.5, 0.6) is 0 Å². The topological polar surface area (TPSA) is 93.0 Å². The van der Waals surface area contributed by atoms with Crippen molar-refractivity contribution in [3.63, 3.8) is 0 Å². The number of nitriles is 1. The number of rotatable bonds is 6. The minimum absolute atomic E-state index is 0.0755. The smallest absolute Gasteiger partial charge is 0.171 e. The number of halogens is 1. The molecule has 0 aliphatic heterocycles. The molecule has 0 aliphatic rings. The Kier molecular flexibility index (Phi) is 7.36. The maximum absolute atomic E-state index is 15.6. The highest BCUT2D eigenvalue weighted by molar-refractivity contribution is 7.93. The molecule has 0 spiro atoms. The Bertz CT molecular complexity index is 1500. The third-order valence-electron chi connectivity index (χ3n) is 5.82. The summed E-state index contributed by atoms with van der Waals surface area (Å²) in [5.41, 5.74) is -0.677. The van der Waals surface area contributed by atoms with Crippen LogP contribution in [-0.2, 0) is 26.7 Å². The van der Waals surface area contributed by atoms with E-state index in [9.17, 15) is 18.2 Å². The van der Waals surface area contributed by atoms with E-state index in [-0.39, 0.29) is 5.56 Å². The minimum atomic E-state index is -4.06. The molecule has 35 heavy (non-hydrogen) atoms. The Labute approximate surface area is 214 Å². The molecular formula is C26H29FN2O3S3. The Balaban J connectivity index is 2.29. The number of fused-ring (bicyclic) bond motifs is 3. The second kappa shape index (κ2) is 9.38. The number of sulfone groups is 1. The molecule has 5 nitrogen and oxygen atoms in total. The molecule has 0 amide bonds. The van der Waals surface area contributed by atoms with E-state index in [1.165, 1.54) is 38.2 Å². The van der Waals surface area contributed by atoms with Gasteiger partial charge < -0.3 is 4.55 Å². The van der Waals surface area contributed by atoms with Crippen molar-refractivity contribution in [1.29, 1.82) is 5.26 Å². The van der Waals surface area contributed by atoms with Gasteiger partial charge in [0.1, 0.15) is 16.1 Å². The van der Waals surface area contributed by atoms with Crippen molar-refractivity contribution in [1.82, 2.24) is 4.72 Å². The van der Waals surface area contributed by atoms with Gasteiger partial charge in [-0.1, -0.05) is 5.92 Å². The second-order valence-corrected chi connectivity index (χ2v) is 15.8. The molecule has 0 radical (unpaired) electrons. The van der Waals surface area contributed by atoms with Gasteiger partial charge in [-0.05, 0) is 78.8 Å². The monoisotopic (exact) mass is 532 g/mol. The summed E-state index contributed by atoms with van der Waals surface area (Å²) in [4.78, 5) is 0. The molecule has 2 aromatic carbocycles. The highest BCUT2D eigenvalue weighted by Crippen LogP contribution is 2.39. The van der Waals surface area contributed by atoms with Crippen LogP contribution in [0.25, 0.3) is 20.2 Å². The number of hydrogen-bond acceptors (Lipinski definition) is 6. The number of nitrogens with zero attached hydrogens (tertiary/aromatic N) is 1. The fourth-order valence-corrected chi connectivity index (χ4v) is 7.16. The predicted octanol–water partition coefficient (Wildman–Crippen LogP) is 5.55. The van der Waals surface area contributed by atoms with Crippen LogP contribution in [0.4, 0.5) is 4.39 Å². The predicted molar refractivity (Wildman–Crippen MR) is 144 cm³/mol. The highest BCUT2D eigenvalue weighted by Gasteiger charge is 2.46. The molecule has 186 valence electrons. The first kappa shape index (κ1) is 27.4. The van der Waals surface area contributed by atoms with Crippen LogP contribution in [-0.4, -0.2) is 28.2 Å². The summed E-state index contributed by atoms with van der Waals surface area (Å²) >= 11 is -0.285. The maximum Gasteiger partial charge on any atom is 0.171 e. The van der Waals surface area contributed by atoms with Crippen LogP contribution in [0.2, 0.25) is 0 Å². The van der Waals surface area contributed by atoms with Gasteiger partial charge in [0.25, 0.3) is 0 Å². The van der Waals surface area contributed by atoms with E-state index >= 15 is 4.39 Å². The van der Waals surface area contributed by atoms with E-state index in [2.05, 4.69) is 16.6 Å². The van der Waals surface area contributed by atoms with E-state index < -0.39 is 47.8 Å². The Morgan fingerprint density at radius 2 is 1.71 bits per heavy atom. The van der Waals surface area contributed by atoms with Crippen molar-refractivity contribution in [2.24, 2.45) is 0 Å². The summed E-state index contributed by atoms with van der Waals surface area (Å²) in [6.07, 6.45) is 0. The van der Waals surface area contributed by atoms with Crippen LogP contribution >= 0.6 is 11.3 Å². The first-order chi connectivity index (χ1) is 16.0. The van der Waals surface area contributed by atoms with Crippen molar-refractivity contribution in [3.05, 3.63) is 47.3 Å². The molecule has 0 saturated heterocycles. The van der Waals surface area contributed by atoms with Gasteiger partial charge in [0.05, 0.1) is 11.8 Å². The van der Waals surface area contributed by atoms with Gasteiger partial charge in [-0.3, -0.25) is 0 Å². The molecule has 0 saturated carbocycles. The molecule has 2 atom stereocenters. The van der Waals surface area contributed by atoms with E-state index in [4.69, 9.17) is 0 Å². The van der Waals surface area contributed by atoms with Crippen LogP contribution in [0.3, 0.4) is 0 Å². The van der Waals surface area contributed by atoms with Gasteiger partial charge >= 0.3 is 0 Å². The van der Waals surface area contributed by atoms with Crippen molar-refractivity contribution in [2.75, 3.05) is 5.75 Å². The standard InChI is InChI=1S/C26H29FN2O3S3/c1-8-9-17-10-11-22-18(12-17)19-13-20(21(27)14-23(19)33-22)26(7,29-34(30)24(2,3)4)16-35(31,32)25(5,6)15-28/h10-14,29H,16H2,1-7H3/t26-,34?/m0/s1. The van der Waals surface area contributed by atoms with E-state index in [0.717, 1.165) is 21.0 Å². The highest BCUT2D eigenvalue weighted by atomic mass is 32.2. The number of nitrogens with one attached hydrogen (secondary N) is 1. The van der Waals surface area contributed by atoms with Gasteiger partial charge in [-0.15, -0.1) is 22.0 Å². The number of thiophene rings is 1. The molecule has 3 rings (SSSR count). The fraction of sp³-hybridized carbons (Fsp3) is 0.423. The summed E-state index contributed by atoms with van der Waals surface area (Å²) in [5.74, 6) is 4.68. The lowest BCUT2D eigenvalue weighted by molar-refractivity contribution is 0.432. The minimum Gasteiger partial charge on any atom is -0.598 e. The fourth-order valence-electron chi connectivity index (χ4n) is 3.59. The first-order valence-electron chi connectivity index (χ1n) is 11.0. The van der Waals surface area contributed by atoms with Crippen LogP contribution < -0.4 is 4.72 Å². The Hall–Kier alpha value is -2.14. The lowest BCUT2D eigenvalue weighted by Crippen LogP contribution is -2.55. The van der Waals surface area contributed by atoms with Crippen molar-refractivity contribution in [2.45, 2.75) is 63.5 Å². The molecule has 0 bridgehead atoms. The van der Waals surface area contributed by atoms with Crippen molar-refractivity contribution < 1.29 is 17.4 Å². The average molecular weight is 533 g/mol. The molecule has 1 unspecified atom stereocenters. The molecule has 1 heterocycles. The molecular weight excluding hydrogens is 503 g/mol. The lowest BCUT2D eigenvalue weighted by atomic mass is 9.93. The van der Waals surface area contributed by atoms with Gasteiger partial charge in [-0.25, -0.2) is 12.8 Å². The number of benzene rings is 2. The van der Waals surface area contributed by atoms with E-state index in [1.54, 1.807) is 33.8 Å². The zero-order valence-electron chi connectivity index (χ0n) is 20.9. The molecule has 3 aromatic rings. The third-order valence-corrected chi connectivity index (χ3v) is 11.3. The normalized spacial score (nSPS) is 15.3. The zero-order chi connectivity index (χ0) is 26.4. The maximum atomic E-state index is 15.6. The lowest BCUT2D eigenvalue weighted by Gasteiger charge is -2.36. The second-order valence-electron chi connectivity index (χ2n) is 10.2. The van der Waals surface area contributed by atoms with Gasteiger partial charge in [0.15, 0.2) is 14.6 Å². The van der Waals surface area contributed by atoms with E-state index in [0.29, 0.717) is 4.70 Å². The van der Waals surface area contributed by atoms with Gasteiger partial charge in [-0.2, -0.15) is 5.26 Å². The zero-order valence-corrected chi connectivity index (χ0v) is 23.3. The summed E-state index contributed by atoms with van der Waals surface area (Å²) in [6, 6.07) is 10.6. The third kappa shape index (κ3) is 5.35. The van der Waals surface area contributed by atoms with Gasteiger partial charge in [0, 0.05) is 42.7 Å². The van der Waals surface area contributed by atoms with Crippen LogP contribution in [0, 0.1) is 29.0 Å². The quantitative estimate of drug-likeness (QED) is 0.332. The Morgan fingerprint density at radius 3 is 2.29 bits per heavy atom. The largest absolute Gasteiger partial charge is 0.598 e. The van der Waals surface area contributed by atoms with E-state index in [1.807, 2.05) is 24.3 Å². The molecule has 0 aliphatic carbocycles. The summed E-state index contributed by atoms with van der Waals surface area (Å²) in [7, 11) is -4.06. The first-order valence-corrected chi connectivity index (χ1v) is 14.6. The summed E-state index contributed by atoms with van der Waals surface area (Å²) in [5, 5.41) is 11.1. The van der Waals surface area contributed by atoms with Crippen molar-refractivity contribution >= 4 is 52.7 Å². The van der Waals surface area contributed by atoms with Crippen molar-refractivity contribution in [3.8, 4) is 17.9 Å². The molecule has 1 N–H and O–H groups in total. The Morgan fingerprint density at radius 1 is 1.09 bits per heavy atom. The summed E-state index contributed by atoms with van der Waals surface area (Å²) < 4.78 is 57.4. The van der Waals surface area contributed by atoms with Crippen LogP contribution in [0.15, 0.2) is 30.3 Å². The average Bonchev–Trinajstić information content (AvgIpc) is 3.08. The summed E-state index contributed by atoms with van der Waals surface area (Å²) in [6.45, 7) is 11.1. The number of hydrogen-bond donors (Lipinski definition) is 1. The SMILES string of the molecule is CC#Cc1ccc2sc3cc(F)c([C@](C)(CS(=O)(=O)C(C)(C)C#N)N[S+]([O-])C(C)(C)C)cc3c2c1. The van der Waals surface area contributed by atoms with Crippen LogP contribution in [0.1, 0.15) is 59.6 Å². The molecule has 0 fully saturated rings. The van der Waals surface area contributed by atoms with Gasteiger partial charge in [0.2, 0.25) is 0 Å². The molecule has 1 aromatic heterocycles.